The molecule has 1 rings (SSSR count). The van der Waals surface area contributed by atoms with Crippen molar-refractivity contribution < 1.29 is 18.4 Å². The Morgan fingerprint density at radius 1 is 1.50 bits per heavy atom. The van der Waals surface area contributed by atoms with E-state index >= 15 is 0 Å². The topological polar surface area (TPSA) is 29.5 Å². The van der Waals surface area contributed by atoms with Gasteiger partial charge >= 0.3 is 0 Å². The van der Waals surface area contributed by atoms with Gasteiger partial charge in [0.2, 0.25) is 0 Å². The standard InChI is InChI=1S/C11H13F2NO2/c1-14(16-2)11(15)9-5-3-4-8(6-7-12)10(9)13/h3-5H,6-7H2,1-2H3. The van der Waals surface area contributed by atoms with Crippen molar-refractivity contribution >= 4 is 5.91 Å². The molecule has 0 spiro atoms. The summed E-state index contributed by atoms with van der Waals surface area (Å²) >= 11 is 0. The maximum Gasteiger partial charge on any atom is 0.280 e. The molecule has 0 aliphatic carbocycles. The van der Waals surface area contributed by atoms with E-state index in [2.05, 4.69) is 4.84 Å². The largest absolute Gasteiger partial charge is 0.280 e. The molecule has 0 unspecified atom stereocenters. The lowest BCUT2D eigenvalue weighted by Crippen LogP contribution is -2.26. The van der Waals surface area contributed by atoms with E-state index in [1.165, 1.54) is 32.4 Å². The molecule has 88 valence electrons. The molecule has 0 fully saturated rings. The Kier molecular flexibility index (Phi) is 4.37. The maximum atomic E-state index is 13.7. The third-order valence-corrected chi connectivity index (χ3v) is 2.23. The molecule has 0 atom stereocenters. The third kappa shape index (κ3) is 2.55. The number of alkyl halides is 1. The first-order valence-corrected chi connectivity index (χ1v) is 4.77. The van der Waals surface area contributed by atoms with Crippen LogP contribution >= 0.6 is 0 Å². The Balaban J connectivity index is 3.05. The minimum absolute atomic E-state index is 0.0380. The molecule has 0 aliphatic heterocycles. The number of hydrogen-bond donors (Lipinski definition) is 0. The molecule has 0 heterocycles. The summed E-state index contributed by atoms with van der Waals surface area (Å²) in [7, 11) is 2.69. The van der Waals surface area contributed by atoms with Gasteiger partial charge in [0.25, 0.3) is 5.91 Å². The van der Waals surface area contributed by atoms with Crippen molar-refractivity contribution in [3.05, 3.63) is 35.1 Å². The number of amides is 1. The van der Waals surface area contributed by atoms with Crippen LogP contribution in [0.1, 0.15) is 15.9 Å². The molecule has 1 aromatic carbocycles. The molecule has 0 bridgehead atoms. The normalized spacial score (nSPS) is 10.2. The van der Waals surface area contributed by atoms with Gasteiger partial charge in [-0.3, -0.25) is 14.0 Å². The van der Waals surface area contributed by atoms with Crippen molar-refractivity contribution in [3.8, 4) is 0 Å². The van der Waals surface area contributed by atoms with E-state index in [1.807, 2.05) is 0 Å². The second kappa shape index (κ2) is 5.55. The van der Waals surface area contributed by atoms with Crippen LogP contribution < -0.4 is 0 Å². The molecule has 1 amide bonds. The van der Waals surface area contributed by atoms with Crippen LogP contribution in [0.4, 0.5) is 8.78 Å². The second-order valence-electron chi connectivity index (χ2n) is 3.20. The van der Waals surface area contributed by atoms with E-state index in [0.717, 1.165) is 5.06 Å². The lowest BCUT2D eigenvalue weighted by molar-refractivity contribution is -0.0759. The molecule has 0 radical (unpaired) electrons. The van der Waals surface area contributed by atoms with Crippen LogP contribution in [0.2, 0.25) is 0 Å². The molecule has 0 saturated carbocycles. The number of nitrogens with zero attached hydrogens (tertiary/aromatic N) is 1. The minimum Gasteiger partial charge on any atom is -0.274 e. The summed E-state index contributed by atoms with van der Waals surface area (Å²) in [5.41, 5.74) is 0.0770. The predicted octanol–water partition coefficient (Wildman–Crippen LogP) is 1.97. The lowest BCUT2D eigenvalue weighted by Gasteiger charge is -2.14. The van der Waals surface area contributed by atoms with Crippen LogP contribution in [0.15, 0.2) is 18.2 Å². The molecule has 0 N–H and O–H groups in total. The Morgan fingerprint density at radius 3 is 2.75 bits per heavy atom. The number of benzene rings is 1. The predicted molar refractivity (Wildman–Crippen MR) is 55.2 cm³/mol. The Labute approximate surface area is 92.6 Å². The van der Waals surface area contributed by atoms with E-state index in [1.54, 1.807) is 0 Å². The minimum atomic E-state index is -0.686. The zero-order valence-electron chi connectivity index (χ0n) is 9.17. The van der Waals surface area contributed by atoms with Crippen molar-refractivity contribution in [3.63, 3.8) is 0 Å². The summed E-state index contributed by atoms with van der Waals surface area (Å²) < 4.78 is 25.9. The zero-order chi connectivity index (χ0) is 12.1. The number of hydroxylamine groups is 2. The van der Waals surface area contributed by atoms with Gasteiger partial charge in [0.1, 0.15) is 5.82 Å². The first-order chi connectivity index (χ1) is 7.61. The highest BCUT2D eigenvalue weighted by Crippen LogP contribution is 2.15. The average molecular weight is 229 g/mol. The molecular weight excluding hydrogens is 216 g/mol. The van der Waals surface area contributed by atoms with E-state index < -0.39 is 18.4 Å². The van der Waals surface area contributed by atoms with Crippen molar-refractivity contribution in [1.29, 1.82) is 0 Å². The summed E-state index contributed by atoms with van der Waals surface area (Å²) in [5, 5.41) is 0.914. The highest BCUT2D eigenvalue weighted by molar-refractivity contribution is 5.93. The van der Waals surface area contributed by atoms with Crippen LogP contribution in [-0.4, -0.2) is 31.8 Å². The number of carbonyl (C=O) groups is 1. The highest BCUT2D eigenvalue weighted by atomic mass is 19.1. The van der Waals surface area contributed by atoms with Crippen molar-refractivity contribution in [2.45, 2.75) is 6.42 Å². The fourth-order valence-corrected chi connectivity index (χ4v) is 1.29. The number of hydrogen-bond acceptors (Lipinski definition) is 2. The summed E-state index contributed by atoms with van der Waals surface area (Å²) in [6.45, 7) is -0.658. The van der Waals surface area contributed by atoms with Gasteiger partial charge in [-0.15, -0.1) is 0 Å². The van der Waals surface area contributed by atoms with Gasteiger partial charge < -0.3 is 0 Å². The molecular formula is C11H13F2NO2. The van der Waals surface area contributed by atoms with Crippen LogP contribution in [0, 0.1) is 5.82 Å². The fourth-order valence-electron chi connectivity index (χ4n) is 1.29. The smallest absolute Gasteiger partial charge is 0.274 e. The zero-order valence-corrected chi connectivity index (χ0v) is 9.17. The molecule has 5 heteroatoms. The number of aryl methyl sites for hydroxylation is 1. The van der Waals surface area contributed by atoms with Crippen molar-refractivity contribution in [2.75, 3.05) is 20.8 Å². The van der Waals surface area contributed by atoms with Crippen LogP contribution in [0.3, 0.4) is 0 Å². The Morgan fingerprint density at radius 2 is 2.19 bits per heavy atom. The third-order valence-electron chi connectivity index (χ3n) is 2.23. The SMILES string of the molecule is CON(C)C(=O)c1cccc(CCF)c1F. The van der Waals surface area contributed by atoms with Gasteiger partial charge in [-0.25, -0.2) is 9.45 Å². The average Bonchev–Trinajstić information content (AvgIpc) is 2.30. The molecule has 1 aromatic rings. The van der Waals surface area contributed by atoms with E-state index in [0.29, 0.717) is 0 Å². The van der Waals surface area contributed by atoms with Gasteiger partial charge in [-0.1, -0.05) is 12.1 Å². The summed E-state index contributed by atoms with van der Waals surface area (Å²) in [4.78, 5) is 16.3. The molecule has 0 aliphatic rings. The van der Waals surface area contributed by atoms with Gasteiger partial charge in [0.05, 0.1) is 19.3 Å². The van der Waals surface area contributed by atoms with Crippen molar-refractivity contribution in [1.82, 2.24) is 5.06 Å². The second-order valence-corrected chi connectivity index (χ2v) is 3.20. The number of rotatable bonds is 4. The Bertz CT molecular complexity index is 382. The van der Waals surface area contributed by atoms with Gasteiger partial charge in [-0.05, 0) is 11.6 Å². The van der Waals surface area contributed by atoms with Gasteiger partial charge in [-0.2, -0.15) is 0 Å². The van der Waals surface area contributed by atoms with Crippen LogP contribution in [-0.2, 0) is 11.3 Å². The molecule has 0 aromatic heterocycles. The van der Waals surface area contributed by atoms with Crippen LogP contribution in [0.5, 0.6) is 0 Å². The fraction of sp³-hybridized carbons (Fsp3) is 0.364. The monoisotopic (exact) mass is 229 g/mol. The van der Waals surface area contributed by atoms with E-state index in [4.69, 9.17) is 0 Å². The molecule has 0 saturated heterocycles. The van der Waals surface area contributed by atoms with Gasteiger partial charge in [0.15, 0.2) is 0 Å². The van der Waals surface area contributed by atoms with Crippen LogP contribution in [0.25, 0.3) is 0 Å². The number of halogens is 2. The first kappa shape index (κ1) is 12.6. The molecule has 16 heavy (non-hydrogen) atoms. The highest BCUT2D eigenvalue weighted by Gasteiger charge is 2.18. The lowest BCUT2D eigenvalue weighted by atomic mass is 10.1. The maximum absolute atomic E-state index is 13.7. The number of carbonyl (C=O) groups excluding carboxylic acids is 1. The van der Waals surface area contributed by atoms with Gasteiger partial charge in [0, 0.05) is 13.5 Å². The van der Waals surface area contributed by atoms with E-state index in [-0.39, 0.29) is 17.5 Å². The first-order valence-electron chi connectivity index (χ1n) is 4.77. The summed E-state index contributed by atoms with van der Waals surface area (Å²) in [6, 6.07) is 4.32. The summed E-state index contributed by atoms with van der Waals surface area (Å²) in [6.07, 6.45) is -0.0380. The quantitative estimate of drug-likeness (QED) is 0.739. The Hall–Kier alpha value is -1.49. The summed E-state index contributed by atoms with van der Waals surface area (Å²) in [5.74, 6) is -1.28. The van der Waals surface area contributed by atoms with E-state index in [9.17, 15) is 13.6 Å². The molecule has 3 nitrogen and oxygen atoms in total. The van der Waals surface area contributed by atoms with Crippen molar-refractivity contribution in [2.24, 2.45) is 0 Å².